The third-order valence-corrected chi connectivity index (χ3v) is 5.14. The fourth-order valence-corrected chi connectivity index (χ4v) is 3.56. The Hall–Kier alpha value is -2.86. The van der Waals surface area contributed by atoms with Crippen LogP contribution in [0.1, 0.15) is 17.3 Å². The summed E-state index contributed by atoms with van der Waals surface area (Å²) in [4.78, 5) is 36.9. The molecular formula is C21H22N4O2. The van der Waals surface area contributed by atoms with E-state index in [9.17, 15) is 9.59 Å². The monoisotopic (exact) mass is 362 g/mol. The molecule has 3 aliphatic rings. The van der Waals surface area contributed by atoms with Crippen LogP contribution in [0.2, 0.25) is 0 Å². The van der Waals surface area contributed by atoms with Crippen molar-refractivity contribution in [3.05, 3.63) is 54.1 Å². The minimum Gasteiger partial charge on any atom is -0.369 e. The number of amidine groups is 1. The number of hydrogen-bond acceptors (Lipinski definition) is 5. The molecule has 0 radical (unpaired) electrons. The highest BCUT2D eigenvalue weighted by molar-refractivity contribution is 6.21. The van der Waals surface area contributed by atoms with Crippen molar-refractivity contribution in [2.45, 2.75) is 6.92 Å². The maximum atomic E-state index is 12.2. The van der Waals surface area contributed by atoms with E-state index in [2.05, 4.69) is 19.8 Å². The summed E-state index contributed by atoms with van der Waals surface area (Å²) < 4.78 is 0. The number of piperazine rings is 1. The molecule has 2 aliphatic heterocycles. The Morgan fingerprint density at radius 2 is 1.81 bits per heavy atom. The molecule has 138 valence electrons. The second-order valence-corrected chi connectivity index (χ2v) is 6.99. The highest BCUT2D eigenvalue weighted by Crippen LogP contribution is 2.19. The zero-order valence-electron chi connectivity index (χ0n) is 15.3. The van der Waals surface area contributed by atoms with Gasteiger partial charge in [-0.25, -0.2) is 4.99 Å². The van der Waals surface area contributed by atoms with Crippen LogP contribution >= 0.6 is 0 Å². The topological polar surface area (TPSA) is 65.3 Å². The Kier molecular flexibility index (Phi) is 4.81. The highest BCUT2D eigenvalue weighted by atomic mass is 16.1. The molecule has 1 aliphatic carbocycles. The van der Waals surface area contributed by atoms with Gasteiger partial charge in [-0.3, -0.25) is 14.5 Å². The van der Waals surface area contributed by atoms with E-state index in [4.69, 9.17) is 0 Å². The van der Waals surface area contributed by atoms with E-state index in [1.807, 2.05) is 48.6 Å². The van der Waals surface area contributed by atoms with Crippen LogP contribution in [0.3, 0.4) is 0 Å². The van der Waals surface area contributed by atoms with Crippen molar-refractivity contribution >= 4 is 28.9 Å². The number of nitrogens with zero attached hydrogens (tertiary/aromatic N) is 4. The number of Topliss-reactive ketones (excluding diaryl/α,β-unsaturated/α-hetero) is 1. The minimum atomic E-state index is -0.312. The molecule has 1 aromatic carbocycles. The van der Waals surface area contributed by atoms with E-state index < -0.39 is 0 Å². The molecule has 0 aromatic heterocycles. The standard InChI is InChI=1S/C21H22N4O2/c1-15(26)16-6-8-17(9-7-16)25-12-10-24(11-13-25)14-20-22-19-5-3-2-4-18(19)21(27)23-20/h2-9,18H,10-14H2,1H3. The lowest BCUT2D eigenvalue weighted by Crippen LogP contribution is -2.48. The summed E-state index contributed by atoms with van der Waals surface area (Å²) in [5, 5.41) is 0. The molecule has 1 amide bonds. The van der Waals surface area contributed by atoms with E-state index >= 15 is 0 Å². The molecule has 1 atom stereocenters. The number of carbonyl (C=O) groups excluding carboxylic acids is 2. The molecule has 0 saturated carbocycles. The van der Waals surface area contributed by atoms with Gasteiger partial charge in [-0.15, -0.1) is 0 Å². The second kappa shape index (κ2) is 7.40. The summed E-state index contributed by atoms with van der Waals surface area (Å²) in [6, 6.07) is 7.77. The fourth-order valence-electron chi connectivity index (χ4n) is 3.56. The van der Waals surface area contributed by atoms with Gasteiger partial charge in [0.05, 0.1) is 12.3 Å². The summed E-state index contributed by atoms with van der Waals surface area (Å²) in [5.74, 6) is 0.250. The van der Waals surface area contributed by atoms with Gasteiger partial charge < -0.3 is 4.90 Å². The molecule has 0 spiro atoms. The van der Waals surface area contributed by atoms with Crippen molar-refractivity contribution in [3.63, 3.8) is 0 Å². The SMILES string of the molecule is CC(=O)c1ccc(N2CCN(CC3=NC(=O)C4C=CC=CC4=N3)CC2)cc1. The van der Waals surface area contributed by atoms with Gasteiger partial charge in [0.25, 0.3) is 5.91 Å². The third kappa shape index (κ3) is 3.80. The lowest BCUT2D eigenvalue weighted by atomic mass is 9.96. The number of fused-ring (bicyclic) bond motifs is 1. The Morgan fingerprint density at radius 3 is 2.52 bits per heavy atom. The summed E-state index contributed by atoms with van der Waals surface area (Å²) >= 11 is 0. The highest BCUT2D eigenvalue weighted by Gasteiger charge is 2.27. The molecule has 1 aromatic rings. The Morgan fingerprint density at radius 1 is 1.07 bits per heavy atom. The Labute approximate surface area is 158 Å². The number of anilines is 1. The van der Waals surface area contributed by atoms with Crippen LogP contribution in [-0.2, 0) is 4.79 Å². The van der Waals surface area contributed by atoms with Gasteiger partial charge in [0.15, 0.2) is 5.78 Å². The van der Waals surface area contributed by atoms with Crippen LogP contribution in [0.15, 0.2) is 58.6 Å². The van der Waals surface area contributed by atoms with Crippen molar-refractivity contribution in [3.8, 4) is 0 Å². The predicted molar refractivity (Wildman–Crippen MR) is 107 cm³/mol. The van der Waals surface area contributed by atoms with Gasteiger partial charge in [0.2, 0.25) is 0 Å². The normalized spacial score (nSPS) is 22.3. The van der Waals surface area contributed by atoms with Crippen LogP contribution in [0.25, 0.3) is 0 Å². The van der Waals surface area contributed by atoms with E-state index in [0.717, 1.165) is 43.1 Å². The van der Waals surface area contributed by atoms with Crippen molar-refractivity contribution < 1.29 is 9.59 Å². The average molecular weight is 362 g/mol. The van der Waals surface area contributed by atoms with Gasteiger partial charge in [0.1, 0.15) is 11.8 Å². The van der Waals surface area contributed by atoms with Crippen LogP contribution in [0.5, 0.6) is 0 Å². The Balaban J connectivity index is 1.35. The molecule has 6 nitrogen and oxygen atoms in total. The van der Waals surface area contributed by atoms with E-state index in [1.54, 1.807) is 6.92 Å². The summed E-state index contributed by atoms with van der Waals surface area (Å²) in [6.07, 6.45) is 7.50. The number of ketones is 1. The van der Waals surface area contributed by atoms with Gasteiger partial charge in [-0.1, -0.05) is 18.2 Å². The van der Waals surface area contributed by atoms with Crippen molar-refractivity contribution in [2.75, 3.05) is 37.6 Å². The fraction of sp³-hybridized carbons (Fsp3) is 0.333. The smallest absolute Gasteiger partial charge is 0.260 e. The summed E-state index contributed by atoms with van der Waals surface area (Å²) in [5.41, 5.74) is 2.66. The molecule has 6 heteroatoms. The maximum Gasteiger partial charge on any atom is 0.260 e. The van der Waals surface area contributed by atoms with Gasteiger partial charge in [-0.05, 0) is 37.3 Å². The number of aliphatic imine (C=N–C) groups is 2. The minimum absolute atomic E-state index is 0.0846. The van der Waals surface area contributed by atoms with Gasteiger partial charge in [0, 0.05) is 37.4 Å². The molecule has 1 unspecified atom stereocenters. The molecule has 1 saturated heterocycles. The molecule has 0 bridgehead atoms. The first-order valence-electron chi connectivity index (χ1n) is 9.23. The summed E-state index contributed by atoms with van der Waals surface area (Å²) in [6.45, 7) is 5.72. The van der Waals surface area contributed by atoms with E-state index in [-0.39, 0.29) is 17.6 Å². The number of benzene rings is 1. The lowest BCUT2D eigenvalue weighted by Gasteiger charge is -2.36. The number of rotatable bonds is 4. The Bertz CT molecular complexity index is 872. The van der Waals surface area contributed by atoms with Crippen LogP contribution in [0.4, 0.5) is 5.69 Å². The average Bonchev–Trinajstić information content (AvgIpc) is 2.69. The first kappa shape index (κ1) is 17.5. The quantitative estimate of drug-likeness (QED) is 0.770. The lowest BCUT2D eigenvalue weighted by molar-refractivity contribution is -0.118. The second-order valence-electron chi connectivity index (χ2n) is 6.99. The first-order valence-corrected chi connectivity index (χ1v) is 9.23. The van der Waals surface area contributed by atoms with Crippen molar-refractivity contribution in [2.24, 2.45) is 15.9 Å². The number of amides is 1. The van der Waals surface area contributed by atoms with Crippen LogP contribution in [-0.4, -0.2) is 60.9 Å². The van der Waals surface area contributed by atoms with Crippen LogP contribution in [0, 0.1) is 5.92 Å². The predicted octanol–water partition coefficient (Wildman–Crippen LogP) is 2.13. The van der Waals surface area contributed by atoms with Crippen molar-refractivity contribution in [1.82, 2.24) is 4.90 Å². The summed E-state index contributed by atoms with van der Waals surface area (Å²) in [7, 11) is 0. The van der Waals surface area contributed by atoms with Gasteiger partial charge >= 0.3 is 0 Å². The van der Waals surface area contributed by atoms with Crippen LogP contribution < -0.4 is 4.90 Å². The third-order valence-electron chi connectivity index (χ3n) is 5.14. The molecule has 4 rings (SSSR count). The molecule has 27 heavy (non-hydrogen) atoms. The maximum absolute atomic E-state index is 12.2. The molecular weight excluding hydrogens is 340 g/mol. The van der Waals surface area contributed by atoms with E-state index in [0.29, 0.717) is 12.4 Å². The number of carbonyl (C=O) groups is 2. The molecule has 0 N–H and O–H groups in total. The zero-order chi connectivity index (χ0) is 18.8. The first-order chi connectivity index (χ1) is 13.1. The zero-order valence-corrected chi connectivity index (χ0v) is 15.3. The van der Waals surface area contributed by atoms with E-state index in [1.165, 1.54) is 0 Å². The molecule has 1 fully saturated rings. The molecule has 2 heterocycles. The number of hydrogen-bond donors (Lipinski definition) is 0. The largest absolute Gasteiger partial charge is 0.369 e. The van der Waals surface area contributed by atoms with Gasteiger partial charge in [-0.2, -0.15) is 4.99 Å². The van der Waals surface area contributed by atoms with Crippen molar-refractivity contribution in [1.29, 1.82) is 0 Å². The number of allylic oxidation sites excluding steroid dienone is 3.